The Bertz CT molecular complexity index is 407. The molecule has 0 spiro atoms. The topological polar surface area (TPSA) is 46.5 Å². The zero-order valence-corrected chi connectivity index (χ0v) is 9.56. The quantitative estimate of drug-likeness (QED) is 0.848. The van der Waals surface area contributed by atoms with Gasteiger partial charge in [-0.05, 0) is 30.9 Å². The lowest BCUT2D eigenvalue weighted by molar-refractivity contribution is -0.138. The molecule has 1 unspecified atom stereocenters. The number of hydrogen-bond donors (Lipinski definition) is 1. The molecule has 3 nitrogen and oxygen atoms in total. The van der Waals surface area contributed by atoms with Gasteiger partial charge in [0.25, 0.3) is 0 Å². The van der Waals surface area contributed by atoms with Crippen molar-refractivity contribution < 1.29 is 14.6 Å². The number of rotatable bonds is 4. The Morgan fingerprint density at radius 1 is 1.50 bits per heavy atom. The highest BCUT2D eigenvalue weighted by Gasteiger charge is 2.44. The lowest BCUT2D eigenvalue weighted by Crippen LogP contribution is -2.12. The molecule has 0 heterocycles. The number of carboxylic acid groups (broad SMARTS) is 1. The molecule has 0 amide bonds. The molecule has 16 heavy (non-hydrogen) atoms. The average molecular weight is 220 g/mol. The second-order valence-corrected chi connectivity index (χ2v) is 4.38. The molecule has 0 bridgehead atoms. The van der Waals surface area contributed by atoms with Crippen molar-refractivity contribution in [3.05, 3.63) is 35.4 Å². The minimum absolute atomic E-state index is 0.145. The van der Waals surface area contributed by atoms with Gasteiger partial charge in [-0.25, -0.2) is 0 Å². The first kappa shape index (κ1) is 11.1. The molecule has 0 aromatic heterocycles. The van der Waals surface area contributed by atoms with E-state index in [1.807, 2.05) is 24.3 Å². The van der Waals surface area contributed by atoms with Gasteiger partial charge in [-0.2, -0.15) is 0 Å². The van der Waals surface area contributed by atoms with Crippen molar-refractivity contribution in [3.8, 4) is 0 Å². The van der Waals surface area contributed by atoms with Crippen LogP contribution in [0, 0.1) is 0 Å². The molecular weight excluding hydrogens is 204 g/mol. The van der Waals surface area contributed by atoms with Crippen LogP contribution in [0.1, 0.15) is 36.8 Å². The molecule has 1 aliphatic carbocycles. The van der Waals surface area contributed by atoms with Crippen LogP contribution in [0.2, 0.25) is 0 Å². The van der Waals surface area contributed by atoms with Crippen molar-refractivity contribution in [1.82, 2.24) is 0 Å². The summed E-state index contributed by atoms with van der Waals surface area (Å²) in [5.74, 6) is -1.26. The largest absolute Gasteiger partial charge is 0.481 e. The third kappa shape index (κ3) is 1.83. The summed E-state index contributed by atoms with van der Waals surface area (Å²) >= 11 is 0. The first-order chi connectivity index (χ1) is 7.59. The Morgan fingerprint density at radius 2 is 2.19 bits per heavy atom. The summed E-state index contributed by atoms with van der Waals surface area (Å²) in [5, 5.41) is 8.97. The van der Waals surface area contributed by atoms with Crippen molar-refractivity contribution in [2.24, 2.45) is 0 Å². The van der Waals surface area contributed by atoms with Crippen LogP contribution in [-0.2, 0) is 15.1 Å². The smallest absolute Gasteiger partial charge is 0.310 e. The average Bonchev–Trinajstić information content (AvgIpc) is 3.09. The van der Waals surface area contributed by atoms with Gasteiger partial charge < -0.3 is 9.84 Å². The molecule has 86 valence electrons. The van der Waals surface area contributed by atoms with Crippen molar-refractivity contribution in [2.45, 2.75) is 31.3 Å². The molecule has 1 aliphatic rings. The summed E-state index contributed by atoms with van der Waals surface area (Å²) in [6.07, 6.45) is 2.04. The summed E-state index contributed by atoms with van der Waals surface area (Å²) in [7, 11) is 1.71. The standard InChI is InChI=1S/C13H16O3/c1-9(12(14)15)10-4-3-5-11(8-10)13(16-2)6-7-13/h3-5,8-9H,6-7H2,1-2H3,(H,14,15). The molecule has 2 rings (SSSR count). The maximum atomic E-state index is 10.9. The highest BCUT2D eigenvalue weighted by molar-refractivity contribution is 5.75. The summed E-state index contributed by atoms with van der Waals surface area (Å²) in [6, 6.07) is 7.72. The molecular formula is C13H16O3. The highest BCUT2D eigenvalue weighted by Crippen LogP contribution is 2.48. The Labute approximate surface area is 95.0 Å². The van der Waals surface area contributed by atoms with Crippen LogP contribution < -0.4 is 0 Å². The van der Waals surface area contributed by atoms with E-state index < -0.39 is 11.9 Å². The molecule has 1 saturated carbocycles. The zero-order valence-electron chi connectivity index (χ0n) is 9.56. The van der Waals surface area contributed by atoms with Gasteiger partial charge in [-0.3, -0.25) is 4.79 Å². The molecule has 0 radical (unpaired) electrons. The first-order valence-electron chi connectivity index (χ1n) is 5.47. The molecule has 1 aromatic rings. The minimum Gasteiger partial charge on any atom is -0.481 e. The Kier molecular flexibility index (Phi) is 2.72. The second kappa shape index (κ2) is 3.91. The van der Waals surface area contributed by atoms with E-state index in [-0.39, 0.29) is 5.60 Å². The molecule has 1 N–H and O–H groups in total. The van der Waals surface area contributed by atoms with Crippen LogP contribution in [0.5, 0.6) is 0 Å². The Hall–Kier alpha value is -1.35. The molecule has 1 fully saturated rings. The second-order valence-electron chi connectivity index (χ2n) is 4.38. The first-order valence-corrected chi connectivity index (χ1v) is 5.47. The molecule has 3 heteroatoms. The van der Waals surface area contributed by atoms with Crippen molar-refractivity contribution in [2.75, 3.05) is 7.11 Å². The Balaban J connectivity index is 2.30. The number of methoxy groups -OCH3 is 1. The highest BCUT2D eigenvalue weighted by atomic mass is 16.5. The maximum Gasteiger partial charge on any atom is 0.310 e. The lowest BCUT2D eigenvalue weighted by atomic mass is 9.96. The van der Waals surface area contributed by atoms with Crippen LogP contribution in [0.3, 0.4) is 0 Å². The summed E-state index contributed by atoms with van der Waals surface area (Å²) in [6.45, 7) is 1.70. The SMILES string of the molecule is COC1(c2cccc(C(C)C(=O)O)c2)CC1. The fourth-order valence-corrected chi connectivity index (χ4v) is 1.96. The maximum absolute atomic E-state index is 10.9. The van der Waals surface area contributed by atoms with Crippen molar-refractivity contribution in [3.63, 3.8) is 0 Å². The van der Waals surface area contributed by atoms with E-state index >= 15 is 0 Å². The molecule has 1 aromatic carbocycles. The molecule has 0 aliphatic heterocycles. The Morgan fingerprint density at radius 3 is 2.69 bits per heavy atom. The van der Waals surface area contributed by atoms with Gasteiger partial charge in [0.15, 0.2) is 0 Å². The third-order valence-corrected chi connectivity index (χ3v) is 3.38. The number of carbonyl (C=O) groups is 1. The lowest BCUT2D eigenvalue weighted by Gasteiger charge is -2.16. The van der Waals surface area contributed by atoms with Gasteiger partial charge in [-0.1, -0.05) is 24.3 Å². The van der Waals surface area contributed by atoms with Crippen LogP contribution in [0.15, 0.2) is 24.3 Å². The summed E-state index contributed by atoms with van der Waals surface area (Å²) in [5.41, 5.74) is 1.79. The van der Waals surface area contributed by atoms with E-state index in [1.54, 1.807) is 14.0 Å². The number of hydrogen-bond acceptors (Lipinski definition) is 2. The van der Waals surface area contributed by atoms with Gasteiger partial charge in [-0.15, -0.1) is 0 Å². The molecule has 0 saturated heterocycles. The number of benzene rings is 1. The fraction of sp³-hybridized carbons (Fsp3) is 0.462. The number of aliphatic carboxylic acids is 1. The van der Waals surface area contributed by atoms with E-state index in [2.05, 4.69) is 0 Å². The zero-order chi connectivity index (χ0) is 11.8. The van der Waals surface area contributed by atoms with Crippen LogP contribution >= 0.6 is 0 Å². The number of carboxylic acids is 1. The third-order valence-electron chi connectivity index (χ3n) is 3.38. The van der Waals surface area contributed by atoms with Crippen molar-refractivity contribution in [1.29, 1.82) is 0 Å². The van der Waals surface area contributed by atoms with E-state index in [0.29, 0.717) is 0 Å². The van der Waals surface area contributed by atoms with Gasteiger partial charge >= 0.3 is 5.97 Å². The normalized spacial score (nSPS) is 19.1. The van der Waals surface area contributed by atoms with Gasteiger partial charge in [0.2, 0.25) is 0 Å². The van der Waals surface area contributed by atoms with Gasteiger partial charge in [0.1, 0.15) is 0 Å². The predicted octanol–water partition coefficient (Wildman–Crippen LogP) is 2.51. The van der Waals surface area contributed by atoms with E-state index in [0.717, 1.165) is 24.0 Å². The van der Waals surface area contributed by atoms with Gasteiger partial charge in [0, 0.05) is 7.11 Å². The predicted molar refractivity (Wildman–Crippen MR) is 60.4 cm³/mol. The fourth-order valence-electron chi connectivity index (χ4n) is 1.96. The van der Waals surface area contributed by atoms with E-state index in [4.69, 9.17) is 9.84 Å². The van der Waals surface area contributed by atoms with Crippen LogP contribution in [0.4, 0.5) is 0 Å². The monoisotopic (exact) mass is 220 g/mol. The van der Waals surface area contributed by atoms with E-state index in [9.17, 15) is 4.79 Å². The summed E-state index contributed by atoms with van der Waals surface area (Å²) in [4.78, 5) is 10.9. The van der Waals surface area contributed by atoms with E-state index in [1.165, 1.54) is 0 Å². The van der Waals surface area contributed by atoms with Crippen molar-refractivity contribution >= 4 is 5.97 Å². The minimum atomic E-state index is -0.792. The van der Waals surface area contributed by atoms with Gasteiger partial charge in [0.05, 0.1) is 11.5 Å². The molecule has 1 atom stereocenters. The van der Waals surface area contributed by atoms with Crippen LogP contribution in [-0.4, -0.2) is 18.2 Å². The van der Waals surface area contributed by atoms with Crippen LogP contribution in [0.25, 0.3) is 0 Å². The number of ether oxygens (including phenoxy) is 1. The summed E-state index contributed by atoms with van der Waals surface area (Å²) < 4.78 is 5.48.